The fraction of sp³-hybridized carbons (Fsp3) is 0.417. The van der Waals surface area contributed by atoms with Crippen LogP contribution in [0.25, 0.3) is 0 Å². The van der Waals surface area contributed by atoms with Crippen LogP contribution in [0.2, 0.25) is 0 Å². The summed E-state index contributed by atoms with van der Waals surface area (Å²) in [6.45, 7) is 4.06. The van der Waals surface area contributed by atoms with E-state index in [1.165, 1.54) is 0 Å². The molecule has 1 N–H and O–H groups in total. The van der Waals surface area contributed by atoms with Crippen LogP contribution >= 0.6 is 0 Å². The summed E-state index contributed by atoms with van der Waals surface area (Å²) in [5.74, 6) is -1.61. The van der Waals surface area contributed by atoms with E-state index in [1.54, 1.807) is 6.92 Å². The number of hydrogen-bond donors (Lipinski definition) is 1. The van der Waals surface area contributed by atoms with Gasteiger partial charge in [0, 0.05) is 6.54 Å². The Labute approximate surface area is 109 Å². The molecule has 104 valence electrons. The van der Waals surface area contributed by atoms with E-state index < -0.39 is 22.4 Å². The highest BCUT2D eigenvalue weighted by Gasteiger charge is 2.24. The minimum atomic E-state index is -0.839. The molecule has 7 heteroatoms. The van der Waals surface area contributed by atoms with Crippen molar-refractivity contribution in [3.05, 3.63) is 33.6 Å². The summed E-state index contributed by atoms with van der Waals surface area (Å²) in [4.78, 5) is 21.6. The van der Waals surface area contributed by atoms with Gasteiger partial charge in [-0.05, 0) is 19.4 Å². The molecule has 0 atom stereocenters. The van der Waals surface area contributed by atoms with Gasteiger partial charge in [0.15, 0.2) is 5.82 Å². The van der Waals surface area contributed by atoms with E-state index in [1.807, 2.05) is 6.92 Å². The molecule has 0 amide bonds. The van der Waals surface area contributed by atoms with Gasteiger partial charge in [-0.15, -0.1) is 0 Å². The molecule has 0 fully saturated rings. The van der Waals surface area contributed by atoms with Crippen molar-refractivity contribution in [2.45, 2.75) is 20.3 Å². The zero-order valence-electron chi connectivity index (χ0n) is 10.7. The van der Waals surface area contributed by atoms with E-state index in [4.69, 9.17) is 4.74 Å². The van der Waals surface area contributed by atoms with Crippen LogP contribution in [0.5, 0.6) is 0 Å². The Kier molecular flexibility index (Phi) is 5.23. The second-order valence-electron chi connectivity index (χ2n) is 3.75. The van der Waals surface area contributed by atoms with Gasteiger partial charge in [-0.25, -0.2) is 9.18 Å². The predicted octanol–water partition coefficient (Wildman–Crippen LogP) is 2.73. The topological polar surface area (TPSA) is 81.5 Å². The van der Waals surface area contributed by atoms with E-state index in [9.17, 15) is 19.3 Å². The molecular formula is C12H15FN2O4. The van der Waals surface area contributed by atoms with E-state index in [-0.39, 0.29) is 17.9 Å². The lowest BCUT2D eigenvalue weighted by Gasteiger charge is -2.09. The van der Waals surface area contributed by atoms with Crippen molar-refractivity contribution in [2.24, 2.45) is 0 Å². The largest absolute Gasteiger partial charge is 0.462 e. The minimum Gasteiger partial charge on any atom is -0.462 e. The average molecular weight is 270 g/mol. The predicted molar refractivity (Wildman–Crippen MR) is 67.8 cm³/mol. The van der Waals surface area contributed by atoms with Gasteiger partial charge < -0.3 is 10.1 Å². The van der Waals surface area contributed by atoms with Gasteiger partial charge in [0.2, 0.25) is 0 Å². The zero-order valence-corrected chi connectivity index (χ0v) is 10.7. The molecule has 1 aromatic rings. The normalized spacial score (nSPS) is 10.1. The molecule has 0 unspecified atom stereocenters. The number of carbonyl (C=O) groups is 1. The van der Waals surface area contributed by atoms with Gasteiger partial charge in [-0.1, -0.05) is 6.92 Å². The Morgan fingerprint density at radius 2 is 2.16 bits per heavy atom. The quantitative estimate of drug-likeness (QED) is 0.488. The zero-order chi connectivity index (χ0) is 14.4. The molecule has 0 bridgehead atoms. The number of rotatable bonds is 6. The lowest BCUT2D eigenvalue weighted by molar-refractivity contribution is -0.385. The Bertz CT molecular complexity index is 491. The van der Waals surface area contributed by atoms with Crippen molar-refractivity contribution < 1.29 is 18.8 Å². The number of nitrogens with zero attached hydrogens (tertiary/aromatic N) is 1. The first-order valence-electron chi connectivity index (χ1n) is 5.90. The van der Waals surface area contributed by atoms with Gasteiger partial charge in [0.1, 0.15) is 5.56 Å². The minimum absolute atomic E-state index is 0.0514. The fourth-order valence-corrected chi connectivity index (χ4v) is 1.48. The maximum absolute atomic E-state index is 13.6. The highest BCUT2D eigenvalue weighted by Crippen LogP contribution is 2.26. The van der Waals surface area contributed by atoms with Crippen LogP contribution < -0.4 is 5.32 Å². The first kappa shape index (κ1) is 14.9. The molecule has 0 aliphatic carbocycles. The molecule has 0 aliphatic rings. The molecule has 6 nitrogen and oxygen atoms in total. The Morgan fingerprint density at radius 1 is 1.47 bits per heavy atom. The van der Waals surface area contributed by atoms with Crippen molar-refractivity contribution in [3.8, 4) is 0 Å². The first-order valence-corrected chi connectivity index (χ1v) is 5.90. The third-order valence-electron chi connectivity index (χ3n) is 2.34. The fourth-order valence-electron chi connectivity index (χ4n) is 1.48. The highest BCUT2D eigenvalue weighted by molar-refractivity contribution is 5.95. The van der Waals surface area contributed by atoms with E-state index >= 15 is 0 Å². The number of carbonyl (C=O) groups excluding carboxylic acids is 1. The molecule has 0 aromatic heterocycles. The highest BCUT2D eigenvalue weighted by atomic mass is 19.1. The van der Waals surface area contributed by atoms with Crippen LogP contribution in [0.3, 0.4) is 0 Å². The Morgan fingerprint density at radius 3 is 2.68 bits per heavy atom. The van der Waals surface area contributed by atoms with Crippen molar-refractivity contribution >= 4 is 17.3 Å². The van der Waals surface area contributed by atoms with Gasteiger partial charge in [0.05, 0.1) is 23.3 Å². The Hall–Kier alpha value is -2.18. The molecule has 1 aromatic carbocycles. The van der Waals surface area contributed by atoms with Crippen molar-refractivity contribution in [1.82, 2.24) is 0 Å². The summed E-state index contributed by atoms with van der Waals surface area (Å²) in [6, 6.07) is 1.84. The summed E-state index contributed by atoms with van der Waals surface area (Å²) in [6.07, 6.45) is 0.755. The maximum Gasteiger partial charge on any atom is 0.345 e. The SMILES string of the molecule is CCCNc1cc(C(=O)OCC)c([N+](=O)[O-])cc1F. The number of nitrogens with one attached hydrogen (secondary N) is 1. The number of halogens is 1. The lowest BCUT2D eigenvalue weighted by Crippen LogP contribution is -2.11. The van der Waals surface area contributed by atoms with Crippen molar-refractivity contribution in [1.29, 1.82) is 0 Å². The summed E-state index contributed by atoms with van der Waals surface area (Å²) >= 11 is 0. The number of hydrogen-bond acceptors (Lipinski definition) is 5. The van der Waals surface area contributed by atoms with Crippen LogP contribution in [-0.2, 0) is 4.74 Å². The van der Waals surface area contributed by atoms with Crippen molar-refractivity contribution in [2.75, 3.05) is 18.5 Å². The number of anilines is 1. The molecule has 0 heterocycles. The molecular weight excluding hydrogens is 255 g/mol. The number of nitro benzene ring substituents is 1. The van der Waals surface area contributed by atoms with Crippen LogP contribution in [0.15, 0.2) is 12.1 Å². The summed E-state index contributed by atoms with van der Waals surface area (Å²) < 4.78 is 18.4. The average Bonchev–Trinajstić information content (AvgIpc) is 2.37. The van der Waals surface area contributed by atoms with E-state index in [0.29, 0.717) is 6.54 Å². The van der Waals surface area contributed by atoms with Crippen LogP contribution in [0.1, 0.15) is 30.6 Å². The maximum atomic E-state index is 13.6. The number of nitro groups is 1. The summed E-state index contributed by atoms with van der Waals surface area (Å²) in [5.41, 5.74) is -0.805. The summed E-state index contributed by atoms with van der Waals surface area (Å²) in [7, 11) is 0. The molecule has 0 radical (unpaired) electrons. The van der Waals surface area contributed by atoms with Crippen molar-refractivity contribution in [3.63, 3.8) is 0 Å². The molecule has 0 saturated heterocycles. The van der Waals surface area contributed by atoms with Gasteiger partial charge in [0.25, 0.3) is 5.69 Å². The number of ether oxygens (including phenoxy) is 1. The monoisotopic (exact) mass is 270 g/mol. The lowest BCUT2D eigenvalue weighted by atomic mass is 10.1. The smallest absolute Gasteiger partial charge is 0.345 e. The second-order valence-corrected chi connectivity index (χ2v) is 3.75. The third kappa shape index (κ3) is 3.64. The van der Waals surface area contributed by atoms with Gasteiger partial charge >= 0.3 is 5.97 Å². The molecule has 0 spiro atoms. The van der Waals surface area contributed by atoms with E-state index in [2.05, 4.69) is 5.32 Å². The summed E-state index contributed by atoms with van der Waals surface area (Å²) in [5, 5.41) is 13.6. The number of benzene rings is 1. The van der Waals surface area contributed by atoms with Crippen LogP contribution in [0.4, 0.5) is 15.8 Å². The van der Waals surface area contributed by atoms with E-state index in [0.717, 1.165) is 18.6 Å². The molecule has 0 aliphatic heterocycles. The second kappa shape index (κ2) is 6.67. The molecule has 1 rings (SSSR count). The Balaban J connectivity index is 3.22. The first-order chi connectivity index (χ1) is 9.01. The number of esters is 1. The third-order valence-corrected chi connectivity index (χ3v) is 2.34. The molecule has 19 heavy (non-hydrogen) atoms. The molecule has 0 saturated carbocycles. The standard InChI is InChI=1S/C12H15FN2O4/c1-3-5-14-10-6-8(12(16)19-4-2)11(15(17)18)7-9(10)13/h6-7,14H,3-5H2,1-2H3. The van der Waals surface area contributed by atoms with Crippen LogP contribution in [0, 0.1) is 15.9 Å². The van der Waals surface area contributed by atoms with Crippen LogP contribution in [-0.4, -0.2) is 24.0 Å². The van der Waals surface area contributed by atoms with Gasteiger partial charge in [-0.3, -0.25) is 10.1 Å². The van der Waals surface area contributed by atoms with Gasteiger partial charge in [-0.2, -0.15) is 0 Å².